The number of hydrogen-bond acceptors (Lipinski definition) is 6. The van der Waals surface area contributed by atoms with E-state index in [-0.39, 0.29) is 23.6 Å². The van der Waals surface area contributed by atoms with Crippen molar-refractivity contribution in [1.29, 1.82) is 0 Å². The minimum atomic E-state index is -0.933. The molecule has 1 aliphatic rings. The highest BCUT2D eigenvalue weighted by molar-refractivity contribution is 6.46. The molecule has 2 aromatic rings. The Morgan fingerprint density at radius 2 is 1.87 bits per heavy atom. The van der Waals surface area contributed by atoms with E-state index in [0.717, 1.165) is 0 Å². The van der Waals surface area contributed by atoms with Crippen LogP contribution in [0.5, 0.6) is 0 Å². The number of amides is 1. The van der Waals surface area contributed by atoms with Gasteiger partial charge >= 0.3 is 0 Å². The molecule has 9 heteroatoms. The number of aliphatic hydroxyl groups excluding tert-OH is 1. The van der Waals surface area contributed by atoms with Gasteiger partial charge in [-0.25, -0.2) is 0 Å². The molecule has 31 heavy (non-hydrogen) atoms. The molecule has 0 spiro atoms. The van der Waals surface area contributed by atoms with Gasteiger partial charge in [-0.3, -0.25) is 19.7 Å². The number of aliphatic hydroxyl groups is 1. The predicted molar refractivity (Wildman–Crippen MR) is 117 cm³/mol. The van der Waals surface area contributed by atoms with Crippen LogP contribution in [0.4, 0.5) is 5.69 Å². The molecule has 8 nitrogen and oxygen atoms in total. The first-order valence-corrected chi connectivity index (χ1v) is 10.0. The van der Waals surface area contributed by atoms with E-state index in [4.69, 9.17) is 11.6 Å². The molecule has 0 saturated carbocycles. The minimum Gasteiger partial charge on any atom is -0.507 e. The van der Waals surface area contributed by atoms with E-state index < -0.39 is 22.7 Å². The largest absolute Gasteiger partial charge is 0.507 e. The van der Waals surface area contributed by atoms with Gasteiger partial charge in [0.05, 0.1) is 16.5 Å². The molecule has 0 aliphatic carbocycles. The smallest absolute Gasteiger partial charge is 0.295 e. The van der Waals surface area contributed by atoms with E-state index in [1.54, 1.807) is 30.3 Å². The number of likely N-dealkylation sites (tertiary alicyclic amines) is 1. The summed E-state index contributed by atoms with van der Waals surface area (Å²) in [7, 11) is 3.79. The summed E-state index contributed by atoms with van der Waals surface area (Å²) in [5, 5.41) is 22.7. The molecule has 1 amide bonds. The summed E-state index contributed by atoms with van der Waals surface area (Å²) in [6.07, 6.45) is 0.590. The molecule has 1 saturated heterocycles. The molecule has 162 valence electrons. The minimum absolute atomic E-state index is 0.0994. The standard InChI is InChI=1S/C22H22ClN3O5/c1-24(2)11-4-12-25-19(15-5-3-6-17(13-15)26(30)31)18(21(28)22(25)29)20(27)14-7-9-16(23)10-8-14/h3,5-10,13,19,27H,4,11-12H2,1-2H3/b20-18+/t19-/m0/s1. The fourth-order valence-corrected chi connectivity index (χ4v) is 3.71. The van der Waals surface area contributed by atoms with Gasteiger partial charge in [-0.2, -0.15) is 0 Å². The molecule has 1 N–H and O–H groups in total. The zero-order valence-corrected chi connectivity index (χ0v) is 17.9. The highest BCUT2D eigenvalue weighted by Gasteiger charge is 2.46. The molecule has 0 bridgehead atoms. The molecule has 1 heterocycles. The van der Waals surface area contributed by atoms with Crippen LogP contribution in [-0.4, -0.2) is 58.7 Å². The normalized spacial score (nSPS) is 18.1. The van der Waals surface area contributed by atoms with Crippen LogP contribution in [0.3, 0.4) is 0 Å². The van der Waals surface area contributed by atoms with Gasteiger partial charge < -0.3 is 14.9 Å². The second-order valence-electron chi connectivity index (χ2n) is 7.51. The maximum Gasteiger partial charge on any atom is 0.295 e. The van der Waals surface area contributed by atoms with E-state index in [9.17, 15) is 24.8 Å². The molecule has 1 fully saturated rings. The summed E-state index contributed by atoms with van der Waals surface area (Å²) in [4.78, 5) is 39.8. The summed E-state index contributed by atoms with van der Waals surface area (Å²) in [5.74, 6) is -1.92. The summed E-state index contributed by atoms with van der Waals surface area (Å²) in [6, 6.07) is 11.0. The molecule has 1 aliphatic heterocycles. The van der Waals surface area contributed by atoms with Gasteiger partial charge in [-0.1, -0.05) is 23.7 Å². The van der Waals surface area contributed by atoms with E-state index >= 15 is 0 Å². The fourth-order valence-electron chi connectivity index (χ4n) is 3.59. The van der Waals surface area contributed by atoms with Gasteiger partial charge in [0, 0.05) is 29.3 Å². The van der Waals surface area contributed by atoms with Gasteiger partial charge in [0.15, 0.2) is 0 Å². The van der Waals surface area contributed by atoms with Crippen LogP contribution < -0.4 is 0 Å². The average molecular weight is 444 g/mol. The van der Waals surface area contributed by atoms with E-state index in [2.05, 4.69) is 0 Å². The SMILES string of the molecule is CN(C)CCCN1C(=O)C(=O)/C(=C(/O)c2ccc(Cl)cc2)[C@@H]1c1cccc([N+](=O)[O-])c1. The first kappa shape index (κ1) is 22.5. The number of hydrogen-bond donors (Lipinski definition) is 1. The third kappa shape index (κ3) is 4.76. The van der Waals surface area contributed by atoms with Gasteiger partial charge in [0.1, 0.15) is 5.76 Å². The van der Waals surface area contributed by atoms with Crippen LogP contribution in [0.2, 0.25) is 5.02 Å². The number of ketones is 1. The second-order valence-corrected chi connectivity index (χ2v) is 7.94. The third-order valence-corrected chi connectivity index (χ3v) is 5.31. The lowest BCUT2D eigenvalue weighted by Crippen LogP contribution is -2.32. The zero-order valence-electron chi connectivity index (χ0n) is 17.1. The number of benzene rings is 2. The number of non-ortho nitro benzene ring substituents is 1. The second kappa shape index (κ2) is 9.28. The van der Waals surface area contributed by atoms with Crippen LogP contribution in [0.1, 0.15) is 23.6 Å². The Morgan fingerprint density at radius 1 is 1.19 bits per heavy atom. The first-order valence-electron chi connectivity index (χ1n) is 9.64. The van der Waals surface area contributed by atoms with Gasteiger partial charge in [0.2, 0.25) is 0 Å². The number of nitro groups is 1. The molecular formula is C22H22ClN3O5. The van der Waals surface area contributed by atoms with E-state index in [1.807, 2.05) is 19.0 Å². The number of rotatable bonds is 7. The van der Waals surface area contributed by atoms with Crippen LogP contribution in [0.25, 0.3) is 5.76 Å². The average Bonchev–Trinajstić information content (AvgIpc) is 2.98. The monoisotopic (exact) mass is 443 g/mol. The van der Waals surface area contributed by atoms with Crippen molar-refractivity contribution in [2.75, 3.05) is 27.2 Å². The van der Waals surface area contributed by atoms with Crippen molar-refractivity contribution in [2.45, 2.75) is 12.5 Å². The lowest BCUT2D eigenvalue weighted by atomic mass is 9.95. The van der Waals surface area contributed by atoms with E-state index in [1.165, 1.54) is 23.1 Å². The lowest BCUT2D eigenvalue weighted by molar-refractivity contribution is -0.384. The molecule has 0 unspecified atom stereocenters. The van der Waals surface area contributed by atoms with Crippen molar-refractivity contribution in [1.82, 2.24) is 9.80 Å². The fraction of sp³-hybridized carbons (Fsp3) is 0.273. The number of carbonyl (C=O) groups is 2. The quantitative estimate of drug-likeness (QED) is 0.230. The summed E-state index contributed by atoms with van der Waals surface area (Å²) in [6.45, 7) is 0.940. The Kier molecular flexibility index (Phi) is 6.72. The van der Waals surface area contributed by atoms with Crippen molar-refractivity contribution < 1.29 is 19.6 Å². The van der Waals surface area contributed by atoms with Crippen molar-refractivity contribution in [3.05, 3.63) is 80.4 Å². The van der Waals surface area contributed by atoms with Crippen molar-refractivity contribution >= 4 is 34.7 Å². The Bertz CT molecular complexity index is 1050. The van der Waals surface area contributed by atoms with E-state index in [0.29, 0.717) is 29.1 Å². The topological polar surface area (TPSA) is 104 Å². The number of nitro benzene ring substituents is 1. The Morgan fingerprint density at radius 3 is 2.48 bits per heavy atom. The molecule has 2 aromatic carbocycles. The van der Waals surface area contributed by atoms with Gasteiger partial charge in [0.25, 0.3) is 17.4 Å². The molecular weight excluding hydrogens is 422 g/mol. The first-order chi connectivity index (χ1) is 14.7. The lowest BCUT2D eigenvalue weighted by Gasteiger charge is -2.25. The highest BCUT2D eigenvalue weighted by Crippen LogP contribution is 2.40. The molecule has 0 aromatic heterocycles. The van der Waals surface area contributed by atoms with Crippen LogP contribution >= 0.6 is 11.6 Å². The van der Waals surface area contributed by atoms with Crippen LogP contribution in [0.15, 0.2) is 54.1 Å². The summed E-state index contributed by atoms with van der Waals surface area (Å²) in [5.41, 5.74) is 0.445. The van der Waals surface area contributed by atoms with Crippen molar-refractivity contribution in [3.63, 3.8) is 0 Å². The maximum absolute atomic E-state index is 12.9. The molecule has 1 atom stereocenters. The third-order valence-electron chi connectivity index (χ3n) is 5.06. The van der Waals surface area contributed by atoms with Crippen molar-refractivity contribution in [2.24, 2.45) is 0 Å². The Hall–Kier alpha value is -3.23. The molecule has 0 radical (unpaired) electrons. The van der Waals surface area contributed by atoms with Crippen LogP contribution in [0, 0.1) is 10.1 Å². The highest BCUT2D eigenvalue weighted by atomic mass is 35.5. The predicted octanol–water partition coefficient (Wildman–Crippen LogP) is 3.62. The number of nitrogens with zero attached hydrogens (tertiary/aromatic N) is 3. The summed E-state index contributed by atoms with van der Waals surface area (Å²) >= 11 is 5.91. The number of Topliss-reactive ketones (excluding diaryl/α,β-unsaturated/α-hetero) is 1. The zero-order chi connectivity index (χ0) is 22.7. The van der Waals surface area contributed by atoms with Crippen molar-refractivity contribution in [3.8, 4) is 0 Å². The summed E-state index contributed by atoms with van der Waals surface area (Å²) < 4.78 is 0. The van der Waals surface area contributed by atoms with Gasteiger partial charge in [-0.05, 0) is 56.9 Å². The Labute approximate surface area is 184 Å². The Balaban J connectivity index is 2.13. The molecule has 3 rings (SSSR count). The maximum atomic E-state index is 12.9. The number of halogens is 1. The number of carbonyl (C=O) groups excluding carboxylic acids is 2. The van der Waals surface area contributed by atoms with Crippen LogP contribution in [-0.2, 0) is 9.59 Å². The van der Waals surface area contributed by atoms with Gasteiger partial charge in [-0.15, -0.1) is 0 Å².